The summed E-state index contributed by atoms with van der Waals surface area (Å²) in [7, 11) is 3.96. The van der Waals surface area contributed by atoms with Gasteiger partial charge in [0, 0.05) is 65.3 Å². The number of rotatable bonds is 7. The summed E-state index contributed by atoms with van der Waals surface area (Å²) in [6, 6.07) is 9.05. The average Bonchev–Trinajstić information content (AvgIpc) is 3.05. The zero-order valence-electron chi connectivity index (χ0n) is 20.3. The number of benzene rings is 1. The standard InChI is InChI=1S/C25H39N7.HI/c1-26-25(27-16-9-11-24-29-28-23-10-5-3-8-19-32(23)24)30(2)20-21-12-14-22(15-13-21)31-17-6-4-7-18-31;/h12-15H,3-11,16-20H2,1-2H3,(H,26,27);1H. The minimum absolute atomic E-state index is 0. The Bertz CT molecular complexity index is 871. The van der Waals surface area contributed by atoms with Gasteiger partial charge in [-0.05, 0) is 56.2 Å². The molecule has 1 fully saturated rings. The van der Waals surface area contributed by atoms with E-state index in [0.717, 1.165) is 50.7 Å². The molecular formula is C25H40IN7. The lowest BCUT2D eigenvalue weighted by molar-refractivity contribution is 0.475. The topological polar surface area (TPSA) is 61.6 Å². The third kappa shape index (κ3) is 7.07. The first-order valence-corrected chi connectivity index (χ1v) is 12.4. The fourth-order valence-electron chi connectivity index (χ4n) is 4.87. The lowest BCUT2D eigenvalue weighted by atomic mass is 10.1. The second-order valence-electron chi connectivity index (χ2n) is 9.14. The van der Waals surface area contributed by atoms with Gasteiger partial charge in [0.05, 0.1) is 0 Å². The van der Waals surface area contributed by atoms with Crippen LogP contribution in [0.15, 0.2) is 29.3 Å². The minimum Gasteiger partial charge on any atom is -0.372 e. The Morgan fingerprint density at radius 3 is 2.48 bits per heavy atom. The molecule has 0 atom stereocenters. The van der Waals surface area contributed by atoms with E-state index in [-0.39, 0.29) is 24.0 Å². The predicted octanol–water partition coefficient (Wildman–Crippen LogP) is 4.25. The molecule has 33 heavy (non-hydrogen) atoms. The van der Waals surface area contributed by atoms with Crippen LogP contribution < -0.4 is 10.2 Å². The number of guanidine groups is 1. The lowest BCUT2D eigenvalue weighted by Gasteiger charge is -2.29. The van der Waals surface area contributed by atoms with Crippen LogP contribution in [0.3, 0.4) is 0 Å². The van der Waals surface area contributed by atoms with Gasteiger partial charge in [-0.1, -0.05) is 18.6 Å². The maximum absolute atomic E-state index is 4.48. The molecule has 3 heterocycles. The molecule has 8 heteroatoms. The highest BCUT2D eigenvalue weighted by Gasteiger charge is 2.15. The van der Waals surface area contributed by atoms with Crippen molar-refractivity contribution in [1.82, 2.24) is 25.0 Å². The second-order valence-corrected chi connectivity index (χ2v) is 9.14. The van der Waals surface area contributed by atoms with Crippen molar-refractivity contribution in [1.29, 1.82) is 0 Å². The Morgan fingerprint density at radius 1 is 1.00 bits per heavy atom. The number of nitrogens with one attached hydrogen (secondary N) is 1. The number of hydrogen-bond acceptors (Lipinski definition) is 4. The molecule has 0 radical (unpaired) electrons. The number of aryl methyl sites for hydroxylation is 2. The Balaban J connectivity index is 0.00000306. The largest absolute Gasteiger partial charge is 0.372 e. The molecular weight excluding hydrogens is 525 g/mol. The van der Waals surface area contributed by atoms with Crippen LogP contribution in [0.1, 0.15) is 62.2 Å². The van der Waals surface area contributed by atoms with E-state index in [2.05, 4.69) is 66.2 Å². The fourth-order valence-corrected chi connectivity index (χ4v) is 4.87. The van der Waals surface area contributed by atoms with Crippen LogP contribution in [0.2, 0.25) is 0 Å². The van der Waals surface area contributed by atoms with Crippen LogP contribution in [0.5, 0.6) is 0 Å². The van der Waals surface area contributed by atoms with Crippen LogP contribution in [0.25, 0.3) is 0 Å². The van der Waals surface area contributed by atoms with E-state index in [4.69, 9.17) is 0 Å². The first kappa shape index (κ1) is 25.8. The van der Waals surface area contributed by atoms with Crippen LogP contribution in [-0.4, -0.2) is 59.4 Å². The van der Waals surface area contributed by atoms with Crippen molar-refractivity contribution < 1.29 is 0 Å². The Labute approximate surface area is 216 Å². The number of hydrogen-bond donors (Lipinski definition) is 1. The molecule has 0 amide bonds. The quantitative estimate of drug-likeness (QED) is 0.236. The SMILES string of the molecule is CN=C(NCCCc1nnc2n1CCCCC2)N(C)Cc1ccc(N2CCCCC2)cc1.I. The predicted molar refractivity (Wildman–Crippen MR) is 147 cm³/mol. The number of anilines is 1. The van der Waals surface area contributed by atoms with Gasteiger partial charge < -0.3 is 19.7 Å². The van der Waals surface area contributed by atoms with Gasteiger partial charge in [0.2, 0.25) is 0 Å². The number of aromatic nitrogens is 3. The molecule has 1 saturated heterocycles. The average molecular weight is 566 g/mol. The summed E-state index contributed by atoms with van der Waals surface area (Å²) in [5.41, 5.74) is 2.66. The van der Waals surface area contributed by atoms with Crippen molar-refractivity contribution in [2.75, 3.05) is 38.6 Å². The van der Waals surface area contributed by atoms with E-state index in [1.54, 1.807) is 0 Å². The minimum atomic E-state index is 0. The van der Waals surface area contributed by atoms with Crippen LogP contribution in [-0.2, 0) is 25.9 Å². The lowest BCUT2D eigenvalue weighted by Crippen LogP contribution is -2.39. The monoisotopic (exact) mass is 565 g/mol. The number of piperidine rings is 1. The zero-order chi connectivity index (χ0) is 22.2. The molecule has 0 saturated carbocycles. The summed E-state index contributed by atoms with van der Waals surface area (Å²) in [6.45, 7) is 5.18. The van der Waals surface area contributed by atoms with Crippen molar-refractivity contribution in [2.24, 2.45) is 4.99 Å². The van der Waals surface area contributed by atoms with Crippen molar-refractivity contribution in [3.63, 3.8) is 0 Å². The summed E-state index contributed by atoms with van der Waals surface area (Å²) in [5, 5.41) is 12.4. The van der Waals surface area contributed by atoms with E-state index < -0.39 is 0 Å². The highest BCUT2D eigenvalue weighted by Crippen LogP contribution is 2.20. The summed E-state index contributed by atoms with van der Waals surface area (Å²) in [5.74, 6) is 3.25. The van der Waals surface area contributed by atoms with E-state index in [9.17, 15) is 0 Å². The maximum atomic E-state index is 4.48. The van der Waals surface area contributed by atoms with Gasteiger partial charge in [0.25, 0.3) is 0 Å². The smallest absolute Gasteiger partial charge is 0.193 e. The van der Waals surface area contributed by atoms with Gasteiger partial charge in [-0.3, -0.25) is 4.99 Å². The summed E-state index contributed by atoms with van der Waals surface area (Å²) < 4.78 is 2.35. The Hall–Kier alpha value is -1.84. The third-order valence-corrected chi connectivity index (χ3v) is 6.70. The molecule has 7 nitrogen and oxygen atoms in total. The fraction of sp³-hybridized carbons (Fsp3) is 0.640. The van der Waals surface area contributed by atoms with Gasteiger partial charge >= 0.3 is 0 Å². The highest BCUT2D eigenvalue weighted by molar-refractivity contribution is 14.0. The first-order valence-electron chi connectivity index (χ1n) is 12.4. The molecule has 1 aromatic carbocycles. The normalized spacial score (nSPS) is 16.5. The van der Waals surface area contributed by atoms with Gasteiger partial charge in [-0.15, -0.1) is 34.2 Å². The van der Waals surface area contributed by atoms with Gasteiger partial charge in [-0.25, -0.2) is 0 Å². The van der Waals surface area contributed by atoms with Gasteiger partial charge in [0.15, 0.2) is 5.96 Å². The van der Waals surface area contributed by atoms with E-state index in [1.807, 2.05) is 7.05 Å². The number of fused-ring (bicyclic) bond motifs is 1. The van der Waals surface area contributed by atoms with Gasteiger partial charge in [0.1, 0.15) is 11.6 Å². The molecule has 0 spiro atoms. The van der Waals surface area contributed by atoms with Crippen molar-refractivity contribution in [3.05, 3.63) is 41.5 Å². The van der Waals surface area contributed by atoms with Gasteiger partial charge in [-0.2, -0.15) is 0 Å². The van der Waals surface area contributed by atoms with Crippen LogP contribution in [0.4, 0.5) is 5.69 Å². The summed E-state index contributed by atoms with van der Waals surface area (Å²) in [4.78, 5) is 9.18. The summed E-state index contributed by atoms with van der Waals surface area (Å²) in [6.07, 6.45) is 10.8. The number of nitrogens with zero attached hydrogens (tertiary/aromatic N) is 6. The Kier molecular flexibility index (Phi) is 10.3. The second kappa shape index (κ2) is 13.2. The molecule has 1 aromatic heterocycles. The number of halogens is 1. The molecule has 0 aliphatic carbocycles. The molecule has 4 rings (SSSR count). The van der Waals surface area contributed by atoms with E-state index >= 15 is 0 Å². The molecule has 2 aliphatic heterocycles. The zero-order valence-corrected chi connectivity index (χ0v) is 22.6. The van der Waals surface area contributed by atoms with E-state index in [1.165, 1.54) is 68.7 Å². The van der Waals surface area contributed by atoms with E-state index in [0.29, 0.717) is 0 Å². The molecule has 182 valence electrons. The van der Waals surface area contributed by atoms with Crippen LogP contribution >= 0.6 is 24.0 Å². The highest BCUT2D eigenvalue weighted by atomic mass is 127. The van der Waals surface area contributed by atoms with Crippen LogP contribution in [0, 0.1) is 0 Å². The molecule has 0 bridgehead atoms. The molecule has 2 aromatic rings. The molecule has 1 N–H and O–H groups in total. The third-order valence-electron chi connectivity index (χ3n) is 6.70. The summed E-state index contributed by atoms with van der Waals surface area (Å²) >= 11 is 0. The van der Waals surface area contributed by atoms with Crippen molar-refractivity contribution in [2.45, 2.75) is 70.9 Å². The molecule has 2 aliphatic rings. The maximum Gasteiger partial charge on any atom is 0.193 e. The first-order chi connectivity index (χ1) is 15.7. The molecule has 0 unspecified atom stereocenters. The Morgan fingerprint density at radius 2 is 1.73 bits per heavy atom. The number of aliphatic imine (C=N–C) groups is 1. The van der Waals surface area contributed by atoms with Crippen molar-refractivity contribution in [3.8, 4) is 0 Å². The van der Waals surface area contributed by atoms with Crippen molar-refractivity contribution >= 4 is 35.6 Å².